The molecule has 0 unspecified atom stereocenters. The minimum atomic E-state index is -0.448. The Balaban J connectivity index is 1.82. The number of rotatable bonds is 7. The molecule has 6 nitrogen and oxygen atoms in total. The third-order valence-corrected chi connectivity index (χ3v) is 3.19. The van der Waals surface area contributed by atoms with E-state index in [9.17, 15) is 9.59 Å². The average molecular weight is 341 g/mol. The standard InChI is InChI=1S/C19H23N3O3/c1-14(2)12-20-18(23)13-21-19(24)22-15-7-6-10-17(11-15)25-16-8-4-3-5-9-16/h3-11,14H,12-13H2,1-2H3,(H,20,23)(H2,21,22,24). The number of ether oxygens (including phenoxy) is 1. The van der Waals surface area contributed by atoms with Crippen LogP contribution in [0.4, 0.5) is 10.5 Å². The van der Waals surface area contributed by atoms with E-state index in [0.717, 1.165) is 0 Å². The monoisotopic (exact) mass is 341 g/mol. The van der Waals surface area contributed by atoms with Crippen LogP contribution in [0.5, 0.6) is 11.5 Å². The van der Waals surface area contributed by atoms with Crippen molar-refractivity contribution in [3.63, 3.8) is 0 Å². The van der Waals surface area contributed by atoms with E-state index in [-0.39, 0.29) is 12.5 Å². The summed E-state index contributed by atoms with van der Waals surface area (Å²) >= 11 is 0. The summed E-state index contributed by atoms with van der Waals surface area (Å²) in [5, 5.41) is 7.94. The first-order valence-electron chi connectivity index (χ1n) is 8.17. The maximum atomic E-state index is 11.9. The highest BCUT2D eigenvalue weighted by atomic mass is 16.5. The van der Waals surface area contributed by atoms with Crippen LogP contribution >= 0.6 is 0 Å². The lowest BCUT2D eigenvalue weighted by molar-refractivity contribution is -0.120. The number of anilines is 1. The molecule has 0 aliphatic heterocycles. The SMILES string of the molecule is CC(C)CNC(=O)CNC(=O)Nc1cccc(Oc2ccccc2)c1. The van der Waals surface area contributed by atoms with Gasteiger partial charge in [0.2, 0.25) is 5.91 Å². The maximum absolute atomic E-state index is 11.9. The van der Waals surface area contributed by atoms with Gasteiger partial charge in [0.1, 0.15) is 11.5 Å². The van der Waals surface area contributed by atoms with E-state index in [1.807, 2.05) is 44.2 Å². The van der Waals surface area contributed by atoms with E-state index in [1.165, 1.54) is 0 Å². The summed E-state index contributed by atoms with van der Waals surface area (Å²) in [6, 6.07) is 16.0. The molecule has 2 aromatic carbocycles. The Morgan fingerprint density at radius 1 is 0.960 bits per heavy atom. The van der Waals surface area contributed by atoms with Gasteiger partial charge in [0, 0.05) is 18.3 Å². The Morgan fingerprint density at radius 2 is 1.68 bits per heavy atom. The molecule has 0 spiro atoms. The van der Waals surface area contributed by atoms with Gasteiger partial charge in [0.05, 0.1) is 6.54 Å². The van der Waals surface area contributed by atoms with Crippen molar-refractivity contribution in [3.05, 3.63) is 54.6 Å². The molecule has 0 aromatic heterocycles. The third kappa shape index (κ3) is 6.95. The van der Waals surface area contributed by atoms with Crippen LogP contribution in [0.3, 0.4) is 0 Å². The fraction of sp³-hybridized carbons (Fsp3) is 0.263. The summed E-state index contributed by atoms with van der Waals surface area (Å²) in [7, 11) is 0. The summed E-state index contributed by atoms with van der Waals surface area (Å²) in [5.74, 6) is 1.47. The molecule has 3 amide bonds. The molecular formula is C19H23N3O3. The number of amides is 3. The van der Waals surface area contributed by atoms with Crippen LogP contribution in [-0.2, 0) is 4.79 Å². The van der Waals surface area contributed by atoms with Crippen molar-refractivity contribution in [1.82, 2.24) is 10.6 Å². The van der Waals surface area contributed by atoms with Gasteiger partial charge in [0.15, 0.2) is 0 Å². The molecule has 0 heterocycles. The van der Waals surface area contributed by atoms with Crippen LogP contribution in [-0.4, -0.2) is 25.0 Å². The minimum Gasteiger partial charge on any atom is -0.457 e. The van der Waals surface area contributed by atoms with Crippen molar-refractivity contribution in [3.8, 4) is 11.5 Å². The Kier molecular flexibility index (Phi) is 6.83. The molecule has 132 valence electrons. The fourth-order valence-corrected chi connectivity index (χ4v) is 1.98. The van der Waals surface area contributed by atoms with Crippen molar-refractivity contribution < 1.29 is 14.3 Å². The fourth-order valence-electron chi connectivity index (χ4n) is 1.98. The van der Waals surface area contributed by atoms with Gasteiger partial charge in [-0.2, -0.15) is 0 Å². The number of nitrogens with one attached hydrogen (secondary N) is 3. The Labute approximate surface area is 147 Å². The van der Waals surface area contributed by atoms with Crippen LogP contribution in [0, 0.1) is 5.92 Å². The van der Waals surface area contributed by atoms with E-state index in [1.54, 1.807) is 24.3 Å². The minimum absolute atomic E-state index is 0.0707. The largest absolute Gasteiger partial charge is 0.457 e. The van der Waals surface area contributed by atoms with Crippen LogP contribution in [0.1, 0.15) is 13.8 Å². The van der Waals surface area contributed by atoms with Gasteiger partial charge in [-0.15, -0.1) is 0 Å². The van der Waals surface area contributed by atoms with Gasteiger partial charge < -0.3 is 20.7 Å². The summed E-state index contributed by atoms with van der Waals surface area (Å²) in [4.78, 5) is 23.5. The van der Waals surface area contributed by atoms with E-state index < -0.39 is 6.03 Å². The van der Waals surface area contributed by atoms with Crippen molar-refractivity contribution in [1.29, 1.82) is 0 Å². The molecule has 2 aromatic rings. The van der Waals surface area contributed by atoms with Crippen molar-refractivity contribution in [2.45, 2.75) is 13.8 Å². The molecule has 0 saturated heterocycles. The molecule has 0 atom stereocenters. The summed E-state index contributed by atoms with van der Waals surface area (Å²) in [5.41, 5.74) is 0.577. The normalized spacial score (nSPS) is 10.2. The summed E-state index contributed by atoms with van der Waals surface area (Å²) in [6.45, 7) is 4.52. The highest BCUT2D eigenvalue weighted by molar-refractivity contribution is 5.92. The first-order chi connectivity index (χ1) is 12.0. The number of benzene rings is 2. The smallest absolute Gasteiger partial charge is 0.319 e. The average Bonchev–Trinajstić information content (AvgIpc) is 2.59. The molecular weight excluding hydrogens is 318 g/mol. The van der Waals surface area contributed by atoms with Gasteiger partial charge in [-0.1, -0.05) is 38.1 Å². The summed E-state index contributed by atoms with van der Waals surface area (Å²) < 4.78 is 5.72. The molecule has 6 heteroatoms. The number of para-hydroxylation sites is 1. The van der Waals surface area contributed by atoms with Crippen LogP contribution in [0.15, 0.2) is 54.6 Å². The number of hydrogen-bond donors (Lipinski definition) is 3. The molecule has 0 bridgehead atoms. The highest BCUT2D eigenvalue weighted by Crippen LogP contribution is 2.23. The van der Waals surface area contributed by atoms with E-state index >= 15 is 0 Å². The van der Waals surface area contributed by atoms with Crippen LogP contribution in [0.2, 0.25) is 0 Å². The second kappa shape index (κ2) is 9.32. The summed E-state index contributed by atoms with van der Waals surface area (Å²) in [6.07, 6.45) is 0. The zero-order valence-corrected chi connectivity index (χ0v) is 14.4. The Hall–Kier alpha value is -3.02. The van der Waals surface area contributed by atoms with Crippen molar-refractivity contribution >= 4 is 17.6 Å². The zero-order valence-electron chi connectivity index (χ0n) is 14.4. The van der Waals surface area contributed by atoms with Gasteiger partial charge in [-0.3, -0.25) is 4.79 Å². The molecule has 0 fully saturated rings. The molecule has 0 radical (unpaired) electrons. The number of urea groups is 1. The van der Waals surface area contributed by atoms with Crippen molar-refractivity contribution in [2.75, 3.05) is 18.4 Å². The predicted octanol–water partition coefficient (Wildman–Crippen LogP) is 3.37. The van der Waals surface area contributed by atoms with E-state index in [2.05, 4.69) is 16.0 Å². The quantitative estimate of drug-likeness (QED) is 0.722. The second-order valence-electron chi connectivity index (χ2n) is 5.95. The topological polar surface area (TPSA) is 79.5 Å². The highest BCUT2D eigenvalue weighted by Gasteiger charge is 2.07. The van der Waals surface area contributed by atoms with E-state index in [4.69, 9.17) is 4.74 Å². The number of carbonyl (C=O) groups is 2. The Bertz CT molecular complexity index is 702. The third-order valence-electron chi connectivity index (χ3n) is 3.19. The van der Waals surface area contributed by atoms with Gasteiger partial charge in [-0.25, -0.2) is 4.79 Å². The Morgan fingerprint density at radius 3 is 2.40 bits per heavy atom. The molecule has 0 aliphatic carbocycles. The zero-order chi connectivity index (χ0) is 18.1. The lowest BCUT2D eigenvalue weighted by atomic mass is 10.2. The van der Waals surface area contributed by atoms with Gasteiger partial charge >= 0.3 is 6.03 Å². The molecule has 25 heavy (non-hydrogen) atoms. The maximum Gasteiger partial charge on any atom is 0.319 e. The first kappa shape index (κ1) is 18.3. The van der Waals surface area contributed by atoms with Crippen molar-refractivity contribution in [2.24, 2.45) is 5.92 Å². The molecule has 0 aliphatic rings. The predicted molar refractivity (Wildman–Crippen MR) is 97.8 cm³/mol. The van der Waals surface area contributed by atoms with Gasteiger partial charge in [0.25, 0.3) is 0 Å². The van der Waals surface area contributed by atoms with Gasteiger partial charge in [-0.05, 0) is 30.2 Å². The van der Waals surface area contributed by atoms with Crippen LogP contribution < -0.4 is 20.7 Å². The lowest BCUT2D eigenvalue weighted by Crippen LogP contribution is -2.39. The first-order valence-corrected chi connectivity index (χ1v) is 8.17. The second-order valence-corrected chi connectivity index (χ2v) is 5.95. The molecule has 0 saturated carbocycles. The number of hydrogen-bond acceptors (Lipinski definition) is 3. The van der Waals surface area contributed by atoms with Crippen LogP contribution in [0.25, 0.3) is 0 Å². The van der Waals surface area contributed by atoms with E-state index in [0.29, 0.717) is 29.6 Å². The molecule has 3 N–H and O–H groups in total. The lowest BCUT2D eigenvalue weighted by Gasteiger charge is -2.11. The number of carbonyl (C=O) groups excluding carboxylic acids is 2. The molecule has 2 rings (SSSR count).